The summed E-state index contributed by atoms with van der Waals surface area (Å²) >= 11 is 3.31. The van der Waals surface area contributed by atoms with Gasteiger partial charge in [-0.25, -0.2) is 4.79 Å². The third-order valence-corrected chi connectivity index (χ3v) is 3.74. The standard InChI is InChI=1S/C18H18BrNO5/c1-12(18(22)20-15-5-3-4-6-16(15)23-2)25-17(21)11-24-14-9-7-13(19)8-10-14/h3-10,12H,11H2,1-2H3,(H,20,22)/t12-/m1/s1. The van der Waals surface area contributed by atoms with Gasteiger partial charge in [-0.2, -0.15) is 0 Å². The summed E-state index contributed by atoms with van der Waals surface area (Å²) in [5.74, 6) is -0.0358. The van der Waals surface area contributed by atoms with Gasteiger partial charge in [0.15, 0.2) is 12.7 Å². The third-order valence-electron chi connectivity index (χ3n) is 3.21. The smallest absolute Gasteiger partial charge is 0.344 e. The minimum Gasteiger partial charge on any atom is -0.495 e. The summed E-state index contributed by atoms with van der Waals surface area (Å²) in [6.45, 7) is 1.20. The topological polar surface area (TPSA) is 73.9 Å². The lowest BCUT2D eigenvalue weighted by molar-refractivity contribution is -0.155. The molecule has 0 aliphatic heterocycles. The van der Waals surface area contributed by atoms with Gasteiger partial charge in [0.05, 0.1) is 12.8 Å². The van der Waals surface area contributed by atoms with Crippen LogP contribution in [0.2, 0.25) is 0 Å². The lowest BCUT2D eigenvalue weighted by Crippen LogP contribution is -2.31. The van der Waals surface area contributed by atoms with Gasteiger partial charge in [0, 0.05) is 4.47 Å². The summed E-state index contributed by atoms with van der Waals surface area (Å²) < 4.78 is 16.5. The molecule has 0 radical (unpaired) electrons. The molecule has 0 saturated carbocycles. The van der Waals surface area contributed by atoms with Crippen LogP contribution < -0.4 is 14.8 Å². The highest BCUT2D eigenvalue weighted by atomic mass is 79.9. The van der Waals surface area contributed by atoms with E-state index in [1.165, 1.54) is 14.0 Å². The van der Waals surface area contributed by atoms with E-state index in [1.54, 1.807) is 48.5 Å². The Balaban J connectivity index is 1.83. The number of hydrogen-bond donors (Lipinski definition) is 1. The molecule has 2 aromatic rings. The van der Waals surface area contributed by atoms with Crippen molar-refractivity contribution in [3.63, 3.8) is 0 Å². The summed E-state index contributed by atoms with van der Waals surface area (Å²) in [6, 6.07) is 14.0. The van der Waals surface area contributed by atoms with Gasteiger partial charge in [0.1, 0.15) is 11.5 Å². The van der Waals surface area contributed by atoms with Crippen LogP contribution in [0.15, 0.2) is 53.0 Å². The number of methoxy groups -OCH3 is 1. The van der Waals surface area contributed by atoms with E-state index < -0.39 is 18.0 Å². The van der Waals surface area contributed by atoms with Crippen LogP contribution in [0.3, 0.4) is 0 Å². The highest BCUT2D eigenvalue weighted by Crippen LogP contribution is 2.23. The molecule has 0 heterocycles. The number of carbonyl (C=O) groups is 2. The fourth-order valence-corrected chi connectivity index (χ4v) is 2.20. The van der Waals surface area contributed by atoms with Crippen LogP contribution in [0.5, 0.6) is 11.5 Å². The van der Waals surface area contributed by atoms with Crippen LogP contribution in [0.1, 0.15) is 6.92 Å². The first kappa shape index (κ1) is 18.8. The highest BCUT2D eigenvalue weighted by molar-refractivity contribution is 9.10. The summed E-state index contributed by atoms with van der Waals surface area (Å²) in [5, 5.41) is 2.66. The molecule has 0 unspecified atom stereocenters. The predicted octanol–water partition coefficient (Wildman–Crippen LogP) is 3.41. The van der Waals surface area contributed by atoms with Gasteiger partial charge in [-0.3, -0.25) is 4.79 Å². The van der Waals surface area contributed by atoms with E-state index in [0.29, 0.717) is 17.2 Å². The van der Waals surface area contributed by atoms with Crippen molar-refractivity contribution in [2.24, 2.45) is 0 Å². The maximum atomic E-state index is 12.1. The molecule has 0 spiro atoms. The number of hydrogen-bond acceptors (Lipinski definition) is 5. The van der Waals surface area contributed by atoms with Crippen LogP contribution in [-0.2, 0) is 14.3 Å². The number of carbonyl (C=O) groups excluding carboxylic acids is 2. The Morgan fingerprint density at radius 3 is 2.48 bits per heavy atom. The molecule has 2 aromatic carbocycles. The molecular formula is C18H18BrNO5. The molecular weight excluding hydrogens is 390 g/mol. The SMILES string of the molecule is COc1ccccc1NC(=O)[C@@H](C)OC(=O)COc1ccc(Br)cc1. The predicted molar refractivity (Wildman–Crippen MR) is 96.8 cm³/mol. The first-order chi connectivity index (χ1) is 12.0. The average Bonchev–Trinajstić information content (AvgIpc) is 2.61. The van der Waals surface area contributed by atoms with Crippen molar-refractivity contribution >= 4 is 33.5 Å². The van der Waals surface area contributed by atoms with E-state index in [1.807, 2.05) is 0 Å². The van der Waals surface area contributed by atoms with Crippen molar-refractivity contribution < 1.29 is 23.8 Å². The fourth-order valence-electron chi connectivity index (χ4n) is 1.94. The monoisotopic (exact) mass is 407 g/mol. The Hall–Kier alpha value is -2.54. The number of rotatable bonds is 7. The third kappa shape index (κ3) is 5.79. The maximum absolute atomic E-state index is 12.1. The molecule has 1 atom stereocenters. The number of esters is 1. The van der Waals surface area contributed by atoms with Gasteiger partial charge < -0.3 is 19.5 Å². The number of amides is 1. The van der Waals surface area contributed by atoms with Gasteiger partial charge in [-0.05, 0) is 43.3 Å². The van der Waals surface area contributed by atoms with Crippen LogP contribution in [0.4, 0.5) is 5.69 Å². The summed E-state index contributed by atoms with van der Waals surface area (Å²) in [4.78, 5) is 24.0. The van der Waals surface area contributed by atoms with Crippen molar-refractivity contribution in [1.29, 1.82) is 0 Å². The zero-order valence-electron chi connectivity index (χ0n) is 13.8. The Morgan fingerprint density at radius 2 is 1.80 bits per heavy atom. The van der Waals surface area contributed by atoms with Crippen LogP contribution in [-0.4, -0.2) is 31.7 Å². The quantitative estimate of drug-likeness (QED) is 0.711. The molecule has 25 heavy (non-hydrogen) atoms. The van der Waals surface area contributed by atoms with Crippen LogP contribution in [0, 0.1) is 0 Å². The van der Waals surface area contributed by atoms with Gasteiger partial charge >= 0.3 is 5.97 Å². The molecule has 1 N–H and O–H groups in total. The number of para-hydroxylation sites is 2. The fraction of sp³-hybridized carbons (Fsp3) is 0.222. The molecule has 0 saturated heterocycles. The Kier molecular flexibility index (Phi) is 6.82. The molecule has 1 amide bonds. The van der Waals surface area contributed by atoms with Crippen molar-refractivity contribution in [2.75, 3.05) is 19.0 Å². The van der Waals surface area contributed by atoms with Gasteiger partial charge in [0.25, 0.3) is 5.91 Å². The first-order valence-corrected chi connectivity index (χ1v) is 8.30. The van der Waals surface area contributed by atoms with E-state index >= 15 is 0 Å². The summed E-state index contributed by atoms with van der Waals surface area (Å²) in [7, 11) is 1.51. The van der Waals surface area contributed by atoms with Gasteiger partial charge in [-0.1, -0.05) is 28.1 Å². The Morgan fingerprint density at radius 1 is 1.12 bits per heavy atom. The zero-order chi connectivity index (χ0) is 18.2. The molecule has 0 bridgehead atoms. The Bertz CT molecular complexity index is 733. The number of halogens is 1. The van der Waals surface area contributed by atoms with Crippen molar-refractivity contribution in [2.45, 2.75) is 13.0 Å². The van der Waals surface area contributed by atoms with E-state index in [-0.39, 0.29) is 6.61 Å². The molecule has 6 nitrogen and oxygen atoms in total. The van der Waals surface area contributed by atoms with Crippen molar-refractivity contribution in [3.05, 3.63) is 53.0 Å². The molecule has 7 heteroatoms. The number of benzene rings is 2. The number of ether oxygens (including phenoxy) is 3. The van der Waals surface area contributed by atoms with Gasteiger partial charge in [-0.15, -0.1) is 0 Å². The second kappa shape index (κ2) is 9.08. The molecule has 0 aromatic heterocycles. The summed E-state index contributed by atoms with van der Waals surface area (Å²) in [5.41, 5.74) is 0.504. The number of anilines is 1. The van der Waals surface area contributed by atoms with Crippen LogP contribution >= 0.6 is 15.9 Å². The first-order valence-electron chi connectivity index (χ1n) is 7.51. The molecule has 0 aliphatic rings. The van der Waals surface area contributed by atoms with E-state index in [0.717, 1.165) is 4.47 Å². The Labute approximate surface area is 154 Å². The van der Waals surface area contributed by atoms with E-state index in [2.05, 4.69) is 21.2 Å². The zero-order valence-corrected chi connectivity index (χ0v) is 15.4. The highest BCUT2D eigenvalue weighted by Gasteiger charge is 2.19. The van der Waals surface area contributed by atoms with Crippen molar-refractivity contribution in [1.82, 2.24) is 0 Å². The van der Waals surface area contributed by atoms with Gasteiger partial charge in [0.2, 0.25) is 0 Å². The lowest BCUT2D eigenvalue weighted by atomic mass is 10.2. The number of nitrogens with one attached hydrogen (secondary N) is 1. The normalized spacial score (nSPS) is 11.3. The second-order valence-corrected chi connectivity index (χ2v) is 5.98. The average molecular weight is 408 g/mol. The lowest BCUT2D eigenvalue weighted by Gasteiger charge is -2.15. The molecule has 132 valence electrons. The minimum atomic E-state index is -0.967. The maximum Gasteiger partial charge on any atom is 0.344 e. The van der Waals surface area contributed by atoms with Crippen LogP contribution in [0.25, 0.3) is 0 Å². The molecule has 0 aliphatic carbocycles. The largest absolute Gasteiger partial charge is 0.495 e. The molecule has 0 fully saturated rings. The second-order valence-electron chi connectivity index (χ2n) is 5.06. The van der Waals surface area contributed by atoms with Crippen molar-refractivity contribution in [3.8, 4) is 11.5 Å². The summed E-state index contributed by atoms with van der Waals surface area (Å²) in [6.07, 6.45) is -0.967. The molecule has 2 rings (SSSR count). The van der Waals surface area contributed by atoms with E-state index in [9.17, 15) is 9.59 Å². The van der Waals surface area contributed by atoms with E-state index in [4.69, 9.17) is 14.2 Å². The minimum absolute atomic E-state index is 0.284.